The van der Waals surface area contributed by atoms with Crippen LogP contribution in [0.5, 0.6) is 0 Å². The van der Waals surface area contributed by atoms with Crippen LogP contribution in [-0.4, -0.2) is 26.2 Å². The van der Waals surface area contributed by atoms with E-state index in [0.717, 1.165) is 29.0 Å². The zero-order valence-electron chi connectivity index (χ0n) is 12.3. The number of hydrogen-bond donors (Lipinski definition) is 1. The first-order valence-electron chi connectivity index (χ1n) is 7.46. The molecule has 22 heavy (non-hydrogen) atoms. The first-order valence-corrected chi connectivity index (χ1v) is 8.34. The summed E-state index contributed by atoms with van der Waals surface area (Å²) in [6.45, 7) is 2.08. The van der Waals surface area contributed by atoms with E-state index in [1.807, 2.05) is 16.9 Å². The van der Waals surface area contributed by atoms with Crippen LogP contribution >= 0.6 is 11.3 Å². The number of nitrogens with zero attached hydrogens (tertiary/aromatic N) is 3. The van der Waals surface area contributed by atoms with Crippen LogP contribution in [0.3, 0.4) is 0 Å². The number of thiophene rings is 1. The number of aromatic nitrogens is 3. The monoisotopic (exact) mass is 311 g/mol. The fourth-order valence-electron chi connectivity index (χ4n) is 3.19. The van der Waals surface area contributed by atoms with Gasteiger partial charge in [-0.3, -0.25) is 0 Å². The Labute approximate surface area is 133 Å². The number of benzene rings is 1. The zero-order valence-corrected chi connectivity index (χ0v) is 13.1. The molecule has 2 aromatic heterocycles. The normalized spacial score (nSPS) is 20.8. The van der Waals surface area contributed by atoms with Gasteiger partial charge in [-0.05, 0) is 47.9 Å². The van der Waals surface area contributed by atoms with Gasteiger partial charge in [0.2, 0.25) is 0 Å². The zero-order chi connectivity index (χ0) is 15.1. The van der Waals surface area contributed by atoms with E-state index in [2.05, 4.69) is 46.9 Å². The lowest BCUT2D eigenvalue weighted by atomic mass is 9.86. The molecule has 0 saturated heterocycles. The summed E-state index contributed by atoms with van der Waals surface area (Å²) in [5, 5.41) is 21.2. The number of fused-ring (bicyclic) bond motifs is 1. The van der Waals surface area contributed by atoms with Crippen molar-refractivity contribution in [2.45, 2.75) is 31.9 Å². The van der Waals surface area contributed by atoms with Crippen molar-refractivity contribution < 1.29 is 5.11 Å². The second-order valence-corrected chi connectivity index (χ2v) is 6.68. The molecule has 1 N–H and O–H groups in total. The molecule has 0 unspecified atom stereocenters. The molecule has 2 atom stereocenters. The Hall–Kier alpha value is -1.98. The quantitative estimate of drug-likeness (QED) is 0.790. The Morgan fingerprint density at radius 2 is 2.14 bits per heavy atom. The van der Waals surface area contributed by atoms with Gasteiger partial charge in [0.25, 0.3) is 0 Å². The van der Waals surface area contributed by atoms with Gasteiger partial charge >= 0.3 is 0 Å². The van der Waals surface area contributed by atoms with Crippen LogP contribution in [0.1, 0.15) is 29.2 Å². The molecule has 0 spiro atoms. The number of rotatable bonds is 2. The highest BCUT2D eigenvalue weighted by molar-refractivity contribution is 7.13. The molecule has 3 aromatic rings. The molecule has 0 fully saturated rings. The minimum Gasteiger partial charge on any atom is -0.391 e. The van der Waals surface area contributed by atoms with Crippen molar-refractivity contribution in [2.24, 2.45) is 0 Å². The Morgan fingerprint density at radius 1 is 1.27 bits per heavy atom. The van der Waals surface area contributed by atoms with Crippen LogP contribution in [0.25, 0.3) is 10.6 Å². The number of aliphatic hydroxyl groups excluding tert-OH is 1. The van der Waals surface area contributed by atoms with Crippen molar-refractivity contribution >= 4 is 11.3 Å². The van der Waals surface area contributed by atoms with Crippen LogP contribution in [0, 0.1) is 6.92 Å². The van der Waals surface area contributed by atoms with Crippen molar-refractivity contribution in [3.63, 3.8) is 0 Å². The lowest BCUT2D eigenvalue weighted by Gasteiger charge is -2.30. The molecule has 0 bridgehead atoms. The second-order valence-electron chi connectivity index (χ2n) is 5.77. The van der Waals surface area contributed by atoms with Gasteiger partial charge in [0.15, 0.2) is 0 Å². The molecule has 112 valence electrons. The van der Waals surface area contributed by atoms with Crippen molar-refractivity contribution in [3.05, 3.63) is 58.6 Å². The topological polar surface area (TPSA) is 50.9 Å². The third kappa shape index (κ3) is 2.17. The van der Waals surface area contributed by atoms with E-state index in [9.17, 15) is 5.11 Å². The van der Waals surface area contributed by atoms with Gasteiger partial charge in [0, 0.05) is 0 Å². The molecule has 0 aliphatic heterocycles. The Morgan fingerprint density at radius 3 is 2.95 bits per heavy atom. The summed E-state index contributed by atoms with van der Waals surface area (Å²) in [6.07, 6.45) is 3.21. The summed E-state index contributed by atoms with van der Waals surface area (Å²) in [4.78, 5) is 1.14. The van der Waals surface area contributed by atoms with Crippen LogP contribution < -0.4 is 0 Å². The molecule has 5 heteroatoms. The second kappa shape index (κ2) is 5.34. The Balaban J connectivity index is 1.76. The average Bonchev–Trinajstić information content (AvgIpc) is 3.16. The lowest BCUT2D eigenvalue weighted by Crippen LogP contribution is -2.30. The van der Waals surface area contributed by atoms with Gasteiger partial charge in [-0.25, -0.2) is 4.68 Å². The van der Waals surface area contributed by atoms with Crippen molar-refractivity contribution in [1.82, 2.24) is 15.0 Å². The summed E-state index contributed by atoms with van der Waals surface area (Å²) in [7, 11) is 0. The first kappa shape index (κ1) is 13.7. The van der Waals surface area contributed by atoms with Gasteiger partial charge in [0.05, 0.1) is 17.2 Å². The average molecular weight is 311 g/mol. The lowest BCUT2D eigenvalue weighted by molar-refractivity contribution is 0.107. The third-order valence-electron chi connectivity index (χ3n) is 4.34. The van der Waals surface area contributed by atoms with Gasteiger partial charge in [-0.2, -0.15) is 0 Å². The highest BCUT2D eigenvalue weighted by atomic mass is 32.1. The van der Waals surface area contributed by atoms with E-state index in [4.69, 9.17) is 0 Å². The van der Waals surface area contributed by atoms with Crippen LogP contribution in [0.2, 0.25) is 0 Å². The summed E-state index contributed by atoms with van der Waals surface area (Å²) < 4.78 is 1.82. The van der Waals surface area contributed by atoms with Crippen molar-refractivity contribution in [2.75, 3.05) is 0 Å². The summed E-state index contributed by atoms with van der Waals surface area (Å²) in [5.41, 5.74) is 4.53. The smallest absolute Gasteiger partial charge is 0.123 e. The molecule has 1 aromatic carbocycles. The standard InChI is InChI=1S/C17H17N3OS/c1-11-8-9-22-17(11)14-10-20(19-18-14)16-13-5-3-2-4-12(13)6-7-15(16)21/h2-5,8-10,15-16,21H,6-7H2,1H3/t15-,16-/m0/s1. The number of aryl methyl sites for hydroxylation is 2. The third-order valence-corrected chi connectivity index (χ3v) is 5.38. The van der Waals surface area contributed by atoms with Crippen molar-refractivity contribution in [1.29, 1.82) is 0 Å². The fraction of sp³-hybridized carbons (Fsp3) is 0.294. The number of hydrogen-bond acceptors (Lipinski definition) is 4. The van der Waals surface area contributed by atoms with Gasteiger partial charge < -0.3 is 5.11 Å². The van der Waals surface area contributed by atoms with Crippen LogP contribution in [0.15, 0.2) is 41.9 Å². The summed E-state index contributed by atoms with van der Waals surface area (Å²) >= 11 is 1.67. The molecule has 1 aliphatic carbocycles. The van der Waals surface area contributed by atoms with Gasteiger partial charge in [-0.15, -0.1) is 16.4 Å². The minimum absolute atomic E-state index is 0.147. The van der Waals surface area contributed by atoms with E-state index < -0.39 is 6.10 Å². The predicted octanol–water partition coefficient (Wildman–Crippen LogP) is 3.21. The molecule has 0 radical (unpaired) electrons. The fourth-order valence-corrected chi connectivity index (χ4v) is 4.07. The molecular formula is C17H17N3OS. The van der Waals surface area contributed by atoms with E-state index in [-0.39, 0.29) is 6.04 Å². The van der Waals surface area contributed by atoms with E-state index in [1.54, 1.807) is 11.3 Å². The minimum atomic E-state index is -0.422. The molecule has 0 saturated carbocycles. The van der Waals surface area contributed by atoms with Gasteiger partial charge in [-0.1, -0.05) is 29.5 Å². The number of aliphatic hydroxyl groups is 1. The molecular weight excluding hydrogens is 294 g/mol. The molecule has 2 heterocycles. The molecule has 1 aliphatic rings. The highest BCUT2D eigenvalue weighted by Crippen LogP contribution is 2.34. The highest BCUT2D eigenvalue weighted by Gasteiger charge is 2.30. The van der Waals surface area contributed by atoms with Crippen LogP contribution in [-0.2, 0) is 6.42 Å². The largest absolute Gasteiger partial charge is 0.391 e. The maximum absolute atomic E-state index is 10.5. The Kier molecular flexibility index (Phi) is 3.32. The summed E-state index contributed by atoms with van der Waals surface area (Å²) in [6, 6.07) is 10.2. The summed E-state index contributed by atoms with van der Waals surface area (Å²) in [5.74, 6) is 0. The molecule has 0 amide bonds. The van der Waals surface area contributed by atoms with E-state index in [0.29, 0.717) is 0 Å². The molecule has 4 nitrogen and oxygen atoms in total. The maximum Gasteiger partial charge on any atom is 0.123 e. The first-order chi connectivity index (χ1) is 10.7. The van der Waals surface area contributed by atoms with Crippen LogP contribution in [0.4, 0.5) is 0 Å². The maximum atomic E-state index is 10.5. The van der Waals surface area contributed by atoms with Crippen molar-refractivity contribution in [3.8, 4) is 10.6 Å². The molecule has 4 rings (SSSR count). The van der Waals surface area contributed by atoms with Gasteiger partial charge in [0.1, 0.15) is 11.7 Å². The van der Waals surface area contributed by atoms with E-state index >= 15 is 0 Å². The van der Waals surface area contributed by atoms with E-state index in [1.165, 1.54) is 11.1 Å². The predicted molar refractivity (Wildman–Crippen MR) is 87.0 cm³/mol. The Bertz CT molecular complexity index is 808. The SMILES string of the molecule is Cc1ccsc1-c1cn([C@H]2c3ccccc3CC[C@@H]2O)nn1.